The highest BCUT2D eigenvalue weighted by Gasteiger charge is 2.47. The number of fused-ring (bicyclic) bond motifs is 6. The van der Waals surface area contributed by atoms with Gasteiger partial charge in [0, 0.05) is 43.5 Å². The molecule has 0 saturated carbocycles. The molecule has 3 saturated heterocycles. The summed E-state index contributed by atoms with van der Waals surface area (Å²) in [5, 5.41) is 27.3. The molecule has 2 N–H and O–H groups in total. The van der Waals surface area contributed by atoms with Crippen LogP contribution in [-0.2, 0) is 18.8 Å². The van der Waals surface area contributed by atoms with Gasteiger partial charge in [0.15, 0.2) is 5.65 Å². The number of nitrogens with zero attached hydrogens (tertiary/aromatic N) is 8. The Bertz CT molecular complexity index is 2770. The van der Waals surface area contributed by atoms with Gasteiger partial charge in [-0.25, -0.2) is 8.78 Å². The fourth-order valence-electron chi connectivity index (χ4n) is 11.2. The van der Waals surface area contributed by atoms with Gasteiger partial charge in [0.05, 0.1) is 65.3 Å². The van der Waals surface area contributed by atoms with E-state index in [0.29, 0.717) is 77.5 Å². The quantitative estimate of drug-likeness (QED) is 0.115. The van der Waals surface area contributed by atoms with Crippen LogP contribution in [0.25, 0.3) is 55.0 Å². The number of halogens is 2. The molecule has 0 bridgehead atoms. The maximum absolute atomic E-state index is 16.6. The molecular formula is C46H57F2N9O3Si. The predicted molar refractivity (Wildman–Crippen MR) is 240 cm³/mol. The number of aromatic nitrogens is 7. The van der Waals surface area contributed by atoms with Gasteiger partial charge >= 0.3 is 6.01 Å². The van der Waals surface area contributed by atoms with E-state index in [1.807, 2.05) is 34.3 Å². The van der Waals surface area contributed by atoms with Gasteiger partial charge in [-0.2, -0.15) is 20.2 Å². The molecule has 3 aliphatic heterocycles. The van der Waals surface area contributed by atoms with Crippen molar-refractivity contribution in [2.24, 2.45) is 14.1 Å². The van der Waals surface area contributed by atoms with Gasteiger partial charge in [-0.15, -0.1) is 5.54 Å². The van der Waals surface area contributed by atoms with E-state index in [9.17, 15) is 9.50 Å². The summed E-state index contributed by atoms with van der Waals surface area (Å²) in [5.41, 5.74) is 8.85. The Labute approximate surface area is 356 Å². The van der Waals surface area contributed by atoms with Crippen molar-refractivity contribution in [3.8, 4) is 28.7 Å². The number of anilines is 1. The third-order valence-electron chi connectivity index (χ3n) is 14.0. The Balaban J connectivity index is 1.29. The van der Waals surface area contributed by atoms with Gasteiger partial charge in [-0.3, -0.25) is 14.7 Å². The highest BCUT2D eigenvalue weighted by Crippen LogP contribution is 2.46. The molecule has 4 aromatic heterocycles. The van der Waals surface area contributed by atoms with Crippen molar-refractivity contribution in [1.82, 2.24) is 39.4 Å². The molecule has 9 rings (SSSR count). The summed E-state index contributed by atoms with van der Waals surface area (Å²) in [6, 6.07) is 5.52. The lowest BCUT2D eigenvalue weighted by Crippen LogP contribution is -2.44. The van der Waals surface area contributed by atoms with Crippen LogP contribution >= 0.6 is 0 Å². The van der Waals surface area contributed by atoms with Crippen molar-refractivity contribution >= 4 is 57.6 Å². The summed E-state index contributed by atoms with van der Waals surface area (Å²) in [7, 11) is 1.61. The second-order valence-corrected chi connectivity index (χ2v) is 24.5. The summed E-state index contributed by atoms with van der Waals surface area (Å²) >= 11 is 0. The number of aromatic amines is 1. The van der Waals surface area contributed by atoms with Crippen molar-refractivity contribution in [2.75, 3.05) is 50.9 Å². The van der Waals surface area contributed by atoms with E-state index in [-0.39, 0.29) is 30.5 Å². The van der Waals surface area contributed by atoms with Crippen LogP contribution in [0.15, 0.2) is 36.3 Å². The molecule has 61 heavy (non-hydrogen) atoms. The van der Waals surface area contributed by atoms with Crippen LogP contribution < -0.4 is 9.64 Å². The standard InChI is InChI=1S/C46H57F2N9O3Si/c1-27(2)61(28(3)4,29(5)6)18-13-32-34(48)12-11-31-19-35-33(22-49-52-35)37(36(31)32)39-41-40(55(9)53-39)38-42(54(41)8)50-44(51-43(38)56-16-17-59-25-45(7,58)24-56)60-26-46-14-10-15-57(46)23-30(20-46)21-47/h11-12,19,21-22,27-29,58H,10,14-17,20,23-26H2,1-9H3,(H,49,52)/b30-21-/t45-,46-/m0/s1. The molecule has 0 amide bonds. The van der Waals surface area contributed by atoms with Crippen LogP contribution in [0.1, 0.15) is 73.3 Å². The Morgan fingerprint density at radius 1 is 1.07 bits per heavy atom. The summed E-state index contributed by atoms with van der Waals surface area (Å²) in [4.78, 5) is 14.6. The maximum Gasteiger partial charge on any atom is 0.320 e. The molecule has 12 nitrogen and oxygen atoms in total. The van der Waals surface area contributed by atoms with E-state index >= 15 is 4.39 Å². The van der Waals surface area contributed by atoms with Crippen molar-refractivity contribution in [3.05, 3.63) is 47.7 Å². The number of H-pyrrole nitrogens is 1. The number of benzene rings is 2. The minimum absolute atomic E-state index is 0.183. The summed E-state index contributed by atoms with van der Waals surface area (Å²) < 4.78 is 46.7. The van der Waals surface area contributed by atoms with Crippen LogP contribution in [0.2, 0.25) is 16.6 Å². The van der Waals surface area contributed by atoms with Gasteiger partial charge in [-0.05, 0) is 72.4 Å². The SMILES string of the molecule is CC(C)[Si](C#Cc1c(F)ccc2cc3[nH]ncc3c(-c3nn(C)c4c5c(N6CCOC[C@@](C)(O)C6)nc(OC[C@@]67CCCN6C/C(=C\F)C7)nc5n(C)c34)c12)(C(C)C)C(C)C. The number of hydrogen-bond donors (Lipinski definition) is 2. The molecule has 322 valence electrons. The number of ether oxygens (including phenoxy) is 2. The Kier molecular flexibility index (Phi) is 10.3. The van der Waals surface area contributed by atoms with Gasteiger partial charge in [0.2, 0.25) is 0 Å². The van der Waals surface area contributed by atoms with Gasteiger partial charge in [0.25, 0.3) is 0 Å². The first-order valence-corrected chi connectivity index (χ1v) is 23.9. The minimum Gasteiger partial charge on any atom is -0.461 e. The lowest BCUT2D eigenvalue weighted by molar-refractivity contribution is -0.0123. The van der Waals surface area contributed by atoms with E-state index < -0.39 is 13.7 Å². The van der Waals surface area contributed by atoms with Crippen molar-refractivity contribution in [3.63, 3.8) is 0 Å². The molecule has 0 aliphatic carbocycles. The Hall–Kier alpha value is -4.88. The monoisotopic (exact) mass is 849 g/mol. The number of rotatable bonds is 8. The third-order valence-corrected chi connectivity index (χ3v) is 20.3. The first kappa shape index (κ1) is 41.5. The maximum atomic E-state index is 16.6. The van der Waals surface area contributed by atoms with Gasteiger partial charge in [-0.1, -0.05) is 53.5 Å². The van der Waals surface area contributed by atoms with E-state index in [1.165, 1.54) is 6.07 Å². The molecule has 0 radical (unpaired) electrons. The van der Waals surface area contributed by atoms with E-state index in [4.69, 9.17) is 24.5 Å². The Morgan fingerprint density at radius 3 is 2.57 bits per heavy atom. The fraction of sp³-hybridized carbons (Fsp3) is 0.522. The summed E-state index contributed by atoms with van der Waals surface area (Å²) in [6.07, 6.45) is 5.03. The molecule has 7 heterocycles. The average Bonchev–Trinajstić information content (AvgIpc) is 4.01. The molecule has 3 aliphatic rings. The molecule has 2 aromatic carbocycles. The first-order valence-electron chi connectivity index (χ1n) is 21.6. The number of aryl methyl sites for hydroxylation is 2. The molecule has 2 atom stereocenters. The van der Waals surface area contributed by atoms with E-state index in [1.54, 1.807) is 19.2 Å². The number of aliphatic hydroxyl groups is 1. The highest BCUT2D eigenvalue weighted by atomic mass is 28.3. The average molecular weight is 850 g/mol. The van der Waals surface area contributed by atoms with Crippen LogP contribution in [0.3, 0.4) is 0 Å². The van der Waals surface area contributed by atoms with Crippen molar-refractivity contribution < 1.29 is 23.4 Å². The van der Waals surface area contributed by atoms with Crippen LogP contribution in [0.4, 0.5) is 14.6 Å². The highest BCUT2D eigenvalue weighted by molar-refractivity contribution is 6.90. The molecule has 15 heteroatoms. The molecule has 0 unspecified atom stereocenters. The minimum atomic E-state index is -2.25. The number of hydrogen-bond acceptors (Lipinski definition) is 9. The zero-order valence-corrected chi connectivity index (χ0v) is 37.8. The molecule has 0 spiro atoms. The largest absolute Gasteiger partial charge is 0.461 e. The number of nitrogens with one attached hydrogen (secondary N) is 1. The zero-order valence-electron chi connectivity index (χ0n) is 36.8. The normalized spacial score (nSPS) is 22.2. The summed E-state index contributed by atoms with van der Waals surface area (Å²) in [5.74, 6) is 3.70. The predicted octanol–water partition coefficient (Wildman–Crippen LogP) is 8.32. The Morgan fingerprint density at radius 2 is 1.84 bits per heavy atom. The van der Waals surface area contributed by atoms with Crippen LogP contribution in [0.5, 0.6) is 6.01 Å². The van der Waals surface area contributed by atoms with Crippen LogP contribution in [0, 0.1) is 17.3 Å². The van der Waals surface area contributed by atoms with E-state index in [0.717, 1.165) is 69.6 Å². The summed E-state index contributed by atoms with van der Waals surface area (Å²) in [6.45, 7) is 18.4. The topological polar surface area (TPSA) is 122 Å². The third kappa shape index (κ3) is 6.63. The van der Waals surface area contributed by atoms with Gasteiger partial charge in [0.1, 0.15) is 37.6 Å². The second kappa shape index (κ2) is 15.2. The first-order chi connectivity index (χ1) is 29.1. The van der Waals surface area contributed by atoms with Crippen LogP contribution in [-0.4, -0.2) is 110 Å². The second-order valence-electron chi connectivity index (χ2n) is 19.0. The lowest BCUT2D eigenvalue weighted by Gasteiger charge is -2.38. The zero-order chi connectivity index (χ0) is 43.2. The number of β-amino-alcohol motifs (C(OH)–C–C–N with tert-alkyl or cyclic N) is 1. The molecule has 6 aromatic rings. The molecule has 3 fully saturated rings. The smallest absolute Gasteiger partial charge is 0.320 e. The lowest BCUT2D eigenvalue weighted by atomic mass is 9.94. The van der Waals surface area contributed by atoms with E-state index in [2.05, 4.69) is 68.1 Å². The van der Waals surface area contributed by atoms with Gasteiger partial charge < -0.3 is 24.0 Å². The molecular weight excluding hydrogens is 793 g/mol. The van der Waals surface area contributed by atoms with Crippen molar-refractivity contribution in [1.29, 1.82) is 0 Å². The fourth-order valence-corrected chi connectivity index (χ4v) is 16.4. The van der Waals surface area contributed by atoms with Crippen molar-refractivity contribution in [2.45, 2.75) is 95.5 Å².